The van der Waals surface area contributed by atoms with Crippen molar-refractivity contribution in [3.05, 3.63) is 66.9 Å². The van der Waals surface area contributed by atoms with Gasteiger partial charge in [0.2, 0.25) is 0 Å². The number of fused-ring (bicyclic) bond motifs is 3. The van der Waals surface area contributed by atoms with Gasteiger partial charge in [-0.15, -0.1) is 0 Å². The van der Waals surface area contributed by atoms with Gasteiger partial charge >= 0.3 is 0 Å². The van der Waals surface area contributed by atoms with E-state index in [1.165, 1.54) is 10.9 Å². The van der Waals surface area contributed by atoms with Gasteiger partial charge in [0, 0.05) is 11.8 Å². The lowest BCUT2D eigenvalue weighted by Gasteiger charge is -2.00. The van der Waals surface area contributed by atoms with E-state index in [1.807, 2.05) is 24.3 Å². The van der Waals surface area contributed by atoms with Crippen molar-refractivity contribution in [1.29, 1.82) is 0 Å². The van der Waals surface area contributed by atoms with Crippen molar-refractivity contribution in [3.63, 3.8) is 0 Å². The van der Waals surface area contributed by atoms with Crippen LogP contribution in [0.5, 0.6) is 5.75 Å². The molecule has 0 atom stereocenters. The standard InChI is InChI=1S/C18H14N2O/c1-21-15-9-6-13(7-10-15)16-12-20-17-5-3-2-4-14(17)8-11-18(20)19-16/h2-12H,1H3. The van der Waals surface area contributed by atoms with Gasteiger partial charge in [0.15, 0.2) is 0 Å². The highest BCUT2D eigenvalue weighted by Gasteiger charge is 2.06. The van der Waals surface area contributed by atoms with Crippen LogP contribution in [0, 0.1) is 0 Å². The van der Waals surface area contributed by atoms with E-state index >= 15 is 0 Å². The highest BCUT2D eigenvalue weighted by molar-refractivity contribution is 5.83. The fourth-order valence-corrected chi connectivity index (χ4v) is 2.62. The smallest absolute Gasteiger partial charge is 0.137 e. The van der Waals surface area contributed by atoms with E-state index in [0.29, 0.717) is 0 Å². The van der Waals surface area contributed by atoms with Gasteiger partial charge < -0.3 is 4.74 Å². The number of pyridine rings is 1. The molecule has 0 radical (unpaired) electrons. The van der Waals surface area contributed by atoms with E-state index in [0.717, 1.165) is 22.7 Å². The number of aromatic nitrogens is 2. The monoisotopic (exact) mass is 274 g/mol. The second-order valence-electron chi connectivity index (χ2n) is 4.97. The number of hydrogen-bond donors (Lipinski definition) is 0. The zero-order valence-corrected chi connectivity index (χ0v) is 11.7. The Morgan fingerprint density at radius 3 is 2.52 bits per heavy atom. The number of benzene rings is 2. The van der Waals surface area contributed by atoms with E-state index in [1.54, 1.807) is 7.11 Å². The molecule has 0 bridgehead atoms. The molecule has 0 spiro atoms. The number of methoxy groups -OCH3 is 1. The van der Waals surface area contributed by atoms with Gasteiger partial charge in [-0.1, -0.05) is 18.2 Å². The summed E-state index contributed by atoms with van der Waals surface area (Å²) in [4.78, 5) is 4.71. The minimum Gasteiger partial charge on any atom is -0.497 e. The lowest BCUT2D eigenvalue weighted by atomic mass is 10.2. The first-order valence-corrected chi connectivity index (χ1v) is 6.86. The van der Waals surface area contributed by atoms with Crippen molar-refractivity contribution >= 4 is 16.6 Å². The van der Waals surface area contributed by atoms with Crippen molar-refractivity contribution < 1.29 is 4.74 Å². The van der Waals surface area contributed by atoms with Crippen molar-refractivity contribution in [2.75, 3.05) is 7.11 Å². The first kappa shape index (κ1) is 12.0. The van der Waals surface area contributed by atoms with Crippen LogP contribution in [0.4, 0.5) is 0 Å². The Morgan fingerprint density at radius 2 is 1.71 bits per heavy atom. The number of ether oxygens (including phenoxy) is 1. The van der Waals surface area contributed by atoms with Crippen molar-refractivity contribution in [2.45, 2.75) is 0 Å². The largest absolute Gasteiger partial charge is 0.497 e. The van der Waals surface area contributed by atoms with Gasteiger partial charge in [-0.05, 0) is 47.9 Å². The maximum Gasteiger partial charge on any atom is 0.137 e. The van der Waals surface area contributed by atoms with Crippen LogP contribution in [-0.4, -0.2) is 16.5 Å². The molecule has 0 saturated carbocycles. The Kier molecular flexibility index (Phi) is 2.64. The zero-order valence-electron chi connectivity index (χ0n) is 11.7. The molecule has 0 saturated heterocycles. The summed E-state index contributed by atoms with van der Waals surface area (Å²) in [5.41, 5.74) is 4.18. The first-order valence-electron chi connectivity index (χ1n) is 6.86. The molecule has 0 amide bonds. The van der Waals surface area contributed by atoms with Crippen LogP contribution in [0.2, 0.25) is 0 Å². The summed E-state index contributed by atoms with van der Waals surface area (Å²) in [5.74, 6) is 0.855. The molecule has 102 valence electrons. The normalized spacial score (nSPS) is 11.1. The summed E-state index contributed by atoms with van der Waals surface area (Å²) in [6.07, 6.45) is 2.08. The van der Waals surface area contributed by atoms with Crippen molar-refractivity contribution in [2.24, 2.45) is 0 Å². The Labute approximate surface area is 122 Å². The molecule has 0 aliphatic rings. The molecular formula is C18H14N2O. The van der Waals surface area contributed by atoms with Gasteiger partial charge in [0.25, 0.3) is 0 Å². The highest BCUT2D eigenvalue weighted by Crippen LogP contribution is 2.24. The zero-order chi connectivity index (χ0) is 14.2. The Morgan fingerprint density at radius 1 is 0.905 bits per heavy atom. The highest BCUT2D eigenvalue weighted by atomic mass is 16.5. The molecule has 2 aromatic carbocycles. The molecule has 0 fully saturated rings. The van der Waals surface area contributed by atoms with Crippen molar-refractivity contribution in [1.82, 2.24) is 9.38 Å². The van der Waals surface area contributed by atoms with Crippen LogP contribution in [0.15, 0.2) is 66.9 Å². The molecule has 3 nitrogen and oxygen atoms in total. The van der Waals surface area contributed by atoms with Crippen LogP contribution in [-0.2, 0) is 0 Å². The summed E-state index contributed by atoms with van der Waals surface area (Å²) in [6.45, 7) is 0. The lowest BCUT2D eigenvalue weighted by molar-refractivity contribution is 0.415. The molecule has 2 heterocycles. The minimum absolute atomic E-state index is 0.855. The molecule has 0 aliphatic heterocycles. The van der Waals surface area contributed by atoms with Gasteiger partial charge in [-0.3, -0.25) is 4.40 Å². The van der Waals surface area contributed by atoms with Gasteiger partial charge in [-0.25, -0.2) is 4.98 Å². The molecule has 2 aromatic heterocycles. The fraction of sp³-hybridized carbons (Fsp3) is 0.0556. The van der Waals surface area contributed by atoms with Crippen LogP contribution < -0.4 is 4.74 Å². The number of hydrogen-bond acceptors (Lipinski definition) is 2. The van der Waals surface area contributed by atoms with Crippen LogP contribution in [0.1, 0.15) is 0 Å². The fourth-order valence-electron chi connectivity index (χ4n) is 2.62. The van der Waals surface area contributed by atoms with Crippen LogP contribution >= 0.6 is 0 Å². The number of para-hydroxylation sites is 1. The second kappa shape index (κ2) is 4.63. The number of imidazole rings is 1. The Bertz CT molecular complexity index is 923. The third-order valence-electron chi connectivity index (χ3n) is 3.73. The molecule has 0 unspecified atom stereocenters. The second-order valence-corrected chi connectivity index (χ2v) is 4.97. The summed E-state index contributed by atoms with van der Waals surface area (Å²) >= 11 is 0. The average Bonchev–Trinajstić information content (AvgIpc) is 2.99. The quantitative estimate of drug-likeness (QED) is 0.548. The molecule has 0 N–H and O–H groups in total. The summed E-state index contributed by atoms with van der Waals surface area (Å²) in [5, 5.41) is 1.21. The summed E-state index contributed by atoms with van der Waals surface area (Å²) < 4.78 is 7.33. The maximum absolute atomic E-state index is 5.20. The predicted molar refractivity (Wildman–Crippen MR) is 84.7 cm³/mol. The summed E-state index contributed by atoms with van der Waals surface area (Å²) in [6, 6.07) is 20.5. The van der Waals surface area contributed by atoms with Crippen LogP contribution in [0.25, 0.3) is 27.8 Å². The average molecular weight is 274 g/mol. The Hall–Kier alpha value is -2.81. The molecule has 0 aliphatic carbocycles. The predicted octanol–water partition coefficient (Wildman–Crippen LogP) is 4.16. The number of nitrogens with zero attached hydrogens (tertiary/aromatic N) is 2. The van der Waals surface area contributed by atoms with E-state index in [2.05, 4.69) is 47.0 Å². The first-order chi connectivity index (χ1) is 10.3. The van der Waals surface area contributed by atoms with Crippen molar-refractivity contribution in [3.8, 4) is 17.0 Å². The molecule has 4 rings (SSSR count). The number of rotatable bonds is 2. The molecule has 4 aromatic rings. The molecule has 21 heavy (non-hydrogen) atoms. The van der Waals surface area contributed by atoms with E-state index in [9.17, 15) is 0 Å². The lowest BCUT2D eigenvalue weighted by Crippen LogP contribution is -1.85. The molecule has 3 heteroatoms. The maximum atomic E-state index is 5.20. The third-order valence-corrected chi connectivity index (χ3v) is 3.73. The minimum atomic E-state index is 0.855. The third kappa shape index (κ3) is 1.94. The summed E-state index contributed by atoms with van der Waals surface area (Å²) in [7, 11) is 1.67. The van der Waals surface area contributed by atoms with Gasteiger partial charge in [0.05, 0.1) is 18.3 Å². The van der Waals surface area contributed by atoms with Gasteiger partial charge in [0.1, 0.15) is 11.4 Å². The molecular weight excluding hydrogens is 260 g/mol. The SMILES string of the molecule is COc1ccc(-c2cn3c(ccc4ccccc43)n2)cc1. The van der Waals surface area contributed by atoms with E-state index in [4.69, 9.17) is 9.72 Å². The van der Waals surface area contributed by atoms with E-state index in [-0.39, 0.29) is 0 Å². The van der Waals surface area contributed by atoms with Crippen LogP contribution in [0.3, 0.4) is 0 Å². The Balaban J connectivity index is 1.91. The van der Waals surface area contributed by atoms with E-state index < -0.39 is 0 Å². The van der Waals surface area contributed by atoms with Gasteiger partial charge in [-0.2, -0.15) is 0 Å². The topological polar surface area (TPSA) is 26.5 Å².